The Balaban J connectivity index is 2.28. The second-order valence-electron chi connectivity index (χ2n) is 6.55. The van der Waals surface area contributed by atoms with Crippen LogP contribution in [0.5, 0.6) is 0 Å². The fraction of sp³-hybridized carbons (Fsp3) is 0.500. The average molecular weight is 327 g/mol. The molecule has 0 radical (unpaired) electrons. The highest BCUT2D eigenvalue weighted by molar-refractivity contribution is 5.81. The van der Waals surface area contributed by atoms with Gasteiger partial charge in [-0.05, 0) is 39.3 Å². The van der Waals surface area contributed by atoms with Gasteiger partial charge in [-0.2, -0.15) is 0 Å². The molecule has 1 amide bonds. The monoisotopic (exact) mass is 327 g/mol. The van der Waals surface area contributed by atoms with Crippen LogP contribution in [0.1, 0.15) is 38.7 Å². The molecule has 0 aliphatic carbocycles. The van der Waals surface area contributed by atoms with Gasteiger partial charge in [-0.3, -0.25) is 4.90 Å². The zero-order chi connectivity index (χ0) is 17.4. The third-order valence-corrected chi connectivity index (χ3v) is 3.62. The van der Waals surface area contributed by atoms with Gasteiger partial charge in [0.1, 0.15) is 23.3 Å². The first kappa shape index (κ1) is 17.2. The minimum absolute atomic E-state index is 0.0631. The van der Waals surface area contributed by atoms with Gasteiger partial charge in [0, 0.05) is 18.0 Å². The van der Waals surface area contributed by atoms with E-state index in [4.69, 9.17) is 4.74 Å². The quantitative estimate of drug-likeness (QED) is 0.906. The minimum Gasteiger partial charge on any atom is -0.480 e. The van der Waals surface area contributed by atoms with Crippen LogP contribution in [0.3, 0.4) is 0 Å². The van der Waals surface area contributed by atoms with Crippen LogP contribution >= 0.6 is 0 Å². The number of carboxylic acids is 1. The Morgan fingerprint density at radius 2 is 1.83 bits per heavy atom. The second kappa shape index (κ2) is 6.14. The van der Waals surface area contributed by atoms with Crippen molar-refractivity contribution in [2.75, 3.05) is 6.54 Å². The lowest BCUT2D eigenvalue weighted by Gasteiger charge is -2.26. The minimum atomic E-state index is -1.23. The molecule has 1 N–H and O–H groups in total. The Labute approximate surface area is 132 Å². The van der Waals surface area contributed by atoms with E-state index in [2.05, 4.69) is 0 Å². The molecule has 7 heteroatoms. The molecule has 126 valence electrons. The molecular formula is C16H19F2NO4. The third-order valence-electron chi connectivity index (χ3n) is 3.62. The van der Waals surface area contributed by atoms with Gasteiger partial charge in [0.2, 0.25) is 0 Å². The van der Waals surface area contributed by atoms with Gasteiger partial charge in [-0.1, -0.05) is 6.07 Å². The van der Waals surface area contributed by atoms with Gasteiger partial charge in [0.15, 0.2) is 0 Å². The molecule has 0 spiro atoms. The number of carbonyl (C=O) groups excluding carboxylic acids is 1. The maximum atomic E-state index is 13.9. The summed E-state index contributed by atoms with van der Waals surface area (Å²) in [7, 11) is 0. The molecular weight excluding hydrogens is 308 g/mol. The van der Waals surface area contributed by atoms with E-state index in [-0.39, 0.29) is 18.5 Å². The number of likely N-dealkylation sites (tertiary alicyclic amines) is 1. The largest absolute Gasteiger partial charge is 0.480 e. The lowest BCUT2D eigenvalue weighted by molar-refractivity contribution is -0.142. The predicted octanol–water partition coefficient (Wildman–Crippen LogP) is 3.14. The van der Waals surface area contributed by atoms with E-state index in [1.807, 2.05) is 0 Å². The number of ether oxygens (including phenoxy) is 1. The SMILES string of the molecule is CC(C)(C)OC(=O)N1C[C@H](c2c(F)cccc2F)CC1C(=O)O. The standard InChI is InChI=1S/C16H19F2NO4/c1-16(2,3)23-15(22)19-8-9(7-12(19)14(20)21)13-10(17)5-4-6-11(13)18/h4-6,9,12H,7-8H2,1-3H3,(H,20,21)/t9-,12?/m1/s1. The van der Waals surface area contributed by atoms with Crippen molar-refractivity contribution in [3.63, 3.8) is 0 Å². The Bertz CT molecular complexity index is 607. The molecule has 1 saturated heterocycles. The first-order valence-electron chi connectivity index (χ1n) is 7.26. The molecule has 2 rings (SSSR count). The highest BCUT2D eigenvalue weighted by Gasteiger charge is 2.43. The molecule has 2 atom stereocenters. The van der Waals surface area contributed by atoms with Crippen LogP contribution in [0.25, 0.3) is 0 Å². The van der Waals surface area contributed by atoms with Crippen LogP contribution in [0.2, 0.25) is 0 Å². The number of carbonyl (C=O) groups is 2. The second-order valence-corrected chi connectivity index (χ2v) is 6.55. The zero-order valence-corrected chi connectivity index (χ0v) is 13.2. The van der Waals surface area contributed by atoms with Crippen LogP contribution in [-0.2, 0) is 9.53 Å². The molecule has 5 nitrogen and oxygen atoms in total. The summed E-state index contributed by atoms with van der Waals surface area (Å²) in [5.41, 5.74) is -0.980. The lowest BCUT2D eigenvalue weighted by Crippen LogP contribution is -2.43. The smallest absolute Gasteiger partial charge is 0.411 e. The first-order chi connectivity index (χ1) is 10.6. The summed E-state index contributed by atoms with van der Waals surface area (Å²) in [6, 6.07) is 2.30. The summed E-state index contributed by atoms with van der Waals surface area (Å²) in [4.78, 5) is 24.6. The van der Waals surface area contributed by atoms with E-state index in [0.717, 1.165) is 17.0 Å². The zero-order valence-electron chi connectivity index (χ0n) is 13.2. The number of hydrogen-bond acceptors (Lipinski definition) is 3. The third kappa shape index (κ3) is 3.78. The Morgan fingerprint density at radius 3 is 2.30 bits per heavy atom. The van der Waals surface area contributed by atoms with Gasteiger partial charge in [-0.15, -0.1) is 0 Å². The van der Waals surface area contributed by atoms with Crippen molar-refractivity contribution in [2.24, 2.45) is 0 Å². The highest BCUT2D eigenvalue weighted by Crippen LogP contribution is 2.35. The number of carboxylic acid groups (broad SMARTS) is 1. The Kier molecular flexibility index (Phi) is 4.58. The number of amides is 1. The van der Waals surface area contributed by atoms with Gasteiger partial charge >= 0.3 is 12.1 Å². The molecule has 0 bridgehead atoms. The molecule has 1 aliphatic heterocycles. The van der Waals surface area contributed by atoms with Gasteiger partial charge in [0.05, 0.1) is 0 Å². The van der Waals surface area contributed by atoms with Gasteiger partial charge in [-0.25, -0.2) is 18.4 Å². The molecule has 1 aromatic carbocycles. The van der Waals surface area contributed by atoms with Crippen LogP contribution in [0.4, 0.5) is 13.6 Å². The maximum absolute atomic E-state index is 13.9. The average Bonchev–Trinajstić information content (AvgIpc) is 2.81. The lowest BCUT2D eigenvalue weighted by atomic mass is 9.95. The van der Waals surface area contributed by atoms with Crippen molar-refractivity contribution >= 4 is 12.1 Å². The summed E-state index contributed by atoms with van der Waals surface area (Å²) >= 11 is 0. The van der Waals surface area contributed by atoms with E-state index in [9.17, 15) is 23.5 Å². The molecule has 1 heterocycles. The number of benzene rings is 1. The van der Waals surface area contributed by atoms with Crippen molar-refractivity contribution in [2.45, 2.75) is 44.8 Å². The van der Waals surface area contributed by atoms with Crippen LogP contribution in [-0.4, -0.2) is 40.3 Å². The fourth-order valence-electron chi connectivity index (χ4n) is 2.70. The fourth-order valence-corrected chi connectivity index (χ4v) is 2.70. The van der Waals surface area contributed by atoms with E-state index in [1.54, 1.807) is 20.8 Å². The van der Waals surface area contributed by atoms with E-state index in [0.29, 0.717) is 0 Å². The Morgan fingerprint density at radius 1 is 1.26 bits per heavy atom. The molecule has 1 unspecified atom stereocenters. The molecule has 1 aromatic rings. The van der Waals surface area contributed by atoms with Crippen molar-refractivity contribution in [1.29, 1.82) is 0 Å². The van der Waals surface area contributed by atoms with Gasteiger partial charge < -0.3 is 9.84 Å². The normalized spacial score (nSPS) is 21.3. The molecule has 1 fully saturated rings. The number of nitrogens with zero attached hydrogens (tertiary/aromatic N) is 1. The van der Waals surface area contributed by atoms with E-state index in [1.165, 1.54) is 6.07 Å². The van der Waals surface area contributed by atoms with Crippen molar-refractivity contribution in [3.8, 4) is 0 Å². The summed E-state index contributed by atoms with van der Waals surface area (Å²) in [6.45, 7) is 4.87. The topological polar surface area (TPSA) is 66.8 Å². The Hall–Kier alpha value is -2.18. The molecule has 23 heavy (non-hydrogen) atoms. The predicted molar refractivity (Wildman–Crippen MR) is 78.1 cm³/mol. The summed E-state index contributed by atoms with van der Waals surface area (Å²) in [5, 5.41) is 9.30. The molecule has 0 aromatic heterocycles. The number of aliphatic carboxylic acids is 1. The van der Waals surface area contributed by atoms with Crippen LogP contribution < -0.4 is 0 Å². The number of hydrogen-bond donors (Lipinski definition) is 1. The molecule has 0 saturated carbocycles. The number of rotatable bonds is 2. The van der Waals surface area contributed by atoms with Crippen molar-refractivity contribution in [3.05, 3.63) is 35.4 Å². The first-order valence-corrected chi connectivity index (χ1v) is 7.26. The number of halogens is 2. The summed E-state index contributed by atoms with van der Waals surface area (Å²) in [6.07, 6.45) is -0.865. The van der Waals surface area contributed by atoms with E-state index < -0.39 is 41.3 Å². The van der Waals surface area contributed by atoms with Crippen LogP contribution in [0, 0.1) is 11.6 Å². The van der Waals surface area contributed by atoms with Gasteiger partial charge in [0.25, 0.3) is 0 Å². The van der Waals surface area contributed by atoms with Crippen molar-refractivity contribution in [1.82, 2.24) is 4.90 Å². The maximum Gasteiger partial charge on any atom is 0.411 e. The summed E-state index contributed by atoms with van der Waals surface area (Å²) in [5.74, 6) is -3.45. The van der Waals surface area contributed by atoms with Crippen molar-refractivity contribution < 1.29 is 28.2 Å². The summed E-state index contributed by atoms with van der Waals surface area (Å²) < 4.78 is 33.0. The van der Waals surface area contributed by atoms with E-state index >= 15 is 0 Å². The highest BCUT2D eigenvalue weighted by atomic mass is 19.1. The molecule has 1 aliphatic rings. The van der Waals surface area contributed by atoms with Crippen LogP contribution in [0.15, 0.2) is 18.2 Å².